The molecule has 126 valence electrons. The van der Waals surface area contributed by atoms with Gasteiger partial charge in [-0.3, -0.25) is 4.79 Å². The maximum absolute atomic E-state index is 12.2. The monoisotopic (exact) mass is 323 g/mol. The van der Waals surface area contributed by atoms with E-state index in [0.29, 0.717) is 0 Å². The Hall–Kier alpha value is -2.17. The Morgan fingerprint density at radius 1 is 1.17 bits per heavy atom. The number of rotatable bonds is 5. The van der Waals surface area contributed by atoms with Gasteiger partial charge < -0.3 is 15.5 Å². The normalized spacial score (nSPS) is 17.2. The Morgan fingerprint density at radius 3 is 2.58 bits per heavy atom. The summed E-state index contributed by atoms with van der Waals surface area (Å²) in [6.45, 7) is 1.84. The second-order valence-corrected chi connectivity index (χ2v) is 6.61. The Bertz CT molecular complexity index is 688. The smallest absolute Gasteiger partial charge is 0.241 e. The lowest BCUT2D eigenvalue weighted by Crippen LogP contribution is -2.35. The van der Waals surface area contributed by atoms with Crippen LogP contribution in [0, 0.1) is 0 Å². The third-order valence-corrected chi connectivity index (χ3v) is 4.34. The molecule has 2 aromatic carbocycles. The van der Waals surface area contributed by atoms with Gasteiger partial charge in [0, 0.05) is 12.2 Å². The zero-order valence-electron chi connectivity index (χ0n) is 14.4. The molecule has 1 fully saturated rings. The number of nitrogens with one attached hydrogen (secondary N) is 2. The van der Waals surface area contributed by atoms with E-state index in [1.807, 2.05) is 12.1 Å². The van der Waals surface area contributed by atoms with Gasteiger partial charge in [-0.2, -0.15) is 0 Å². The van der Waals surface area contributed by atoms with Crippen molar-refractivity contribution in [3.05, 3.63) is 54.1 Å². The average Bonchev–Trinajstić information content (AvgIpc) is 3.10. The highest BCUT2D eigenvalue weighted by Crippen LogP contribution is 2.26. The summed E-state index contributed by atoms with van der Waals surface area (Å²) in [5, 5.41) is 6.22. The molecule has 2 N–H and O–H groups in total. The fourth-order valence-electron chi connectivity index (χ4n) is 3.15. The molecule has 1 saturated heterocycles. The summed E-state index contributed by atoms with van der Waals surface area (Å²) in [6, 6.07) is 16.5. The number of anilines is 1. The second-order valence-electron chi connectivity index (χ2n) is 6.61. The molecule has 1 amide bonds. The fourth-order valence-corrected chi connectivity index (χ4v) is 3.15. The molecule has 0 saturated carbocycles. The fraction of sp³-hybridized carbons (Fsp3) is 0.350. The van der Waals surface area contributed by atoms with Gasteiger partial charge in [-0.1, -0.05) is 36.4 Å². The van der Waals surface area contributed by atoms with Crippen LogP contribution in [-0.4, -0.2) is 37.5 Å². The van der Waals surface area contributed by atoms with Gasteiger partial charge in [-0.05, 0) is 62.3 Å². The van der Waals surface area contributed by atoms with Crippen molar-refractivity contribution in [2.24, 2.45) is 0 Å². The summed E-state index contributed by atoms with van der Waals surface area (Å²) >= 11 is 0. The van der Waals surface area contributed by atoms with Crippen LogP contribution in [0.15, 0.2) is 48.5 Å². The van der Waals surface area contributed by atoms with Crippen molar-refractivity contribution < 1.29 is 4.79 Å². The molecule has 1 atom stereocenters. The van der Waals surface area contributed by atoms with Gasteiger partial charge in [0.15, 0.2) is 0 Å². The summed E-state index contributed by atoms with van der Waals surface area (Å²) in [5.41, 5.74) is 4.56. The molecular weight excluding hydrogens is 298 g/mol. The lowest BCUT2D eigenvalue weighted by atomic mass is 9.99. The third-order valence-electron chi connectivity index (χ3n) is 4.34. The molecule has 4 heteroatoms. The average molecular weight is 323 g/mol. The molecule has 24 heavy (non-hydrogen) atoms. The molecule has 0 bridgehead atoms. The molecule has 0 spiro atoms. The zero-order chi connectivity index (χ0) is 16.9. The second kappa shape index (κ2) is 7.60. The van der Waals surface area contributed by atoms with Gasteiger partial charge in [-0.15, -0.1) is 0 Å². The first kappa shape index (κ1) is 16.7. The highest BCUT2D eigenvalue weighted by Gasteiger charge is 2.21. The zero-order valence-corrected chi connectivity index (χ0v) is 14.4. The first-order valence-corrected chi connectivity index (χ1v) is 8.51. The molecule has 4 nitrogen and oxygen atoms in total. The minimum Gasteiger partial charge on any atom is -0.325 e. The summed E-state index contributed by atoms with van der Waals surface area (Å²) in [7, 11) is 4.15. The SMILES string of the molecule is CN(C)Cc1ccccc1-c1ccc(NC(=O)[C@H]2CCCN2)cc1. The van der Waals surface area contributed by atoms with Crippen LogP contribution in [0.2, 0.25) is 0 Å². The van der Waals surface area contributed by atoms with Crippen molar-refractivity contribution in [2.45, 2.75) is 25.4 Å². The molecule has 1 heterocycles. The van der Waals surface area contributed by atoms with Crippen LogP contribution < -0.4 is 10.6 Å². The van der Waals surface area contributed by atoms with E-state index in [-0.39, 0.29) is 11.9 Å². The molecule has 0 unspecified atom stereocenters. The van der Waals surface area contributed by atoms with Gasteiger partial charge in [0.2, 0.25) is 5.91 Å². The Kier molecular flexibility index (Phi) is 5.28. The number of amides is 1. The van der Waals surface area contributed by atoms with Crippen LogP contribution in [0.3, 0.4) is 0 Å². The summed E-state index contributed by atoms with van der Waals surface area (Å²) in [6.07, 6.45) is 1.99. The number of hydrogen-bond donors (Lipinski definition) is 2. The van der Waals surface area contributed by atoms with Crippen LogP contribution in [-0.2, 0) is 11.3 Å². The Morgan fingerprint density at radius 2 is 1.92 bits per heavy atom. The lowest BCUT2D eigenvalue weighted by Gasteiger charge is -2.15. The first-order valence-electron chi connectivity index (χ1n) is 8.51. The Labute approximate surface area is 143 Å². The standard InChI is InChI=1S/C20H25N3O/c1-23(2)14-16-6-3-4-7-18(16)15-9-11-17(12-10-15)22-20(24)19-8-5-13-21-19/h3-4,6-7,9-12,19,21H,5,8,13-14H2,1-2H3,(H,22,24)/t19-/m1/s1. The van der Waals surface area contributed by atoms with Crippen molar-refractivity contribution in [1.29, 1.82) is 0 Å². The summed E-state index contributed by atoms with van der Waals surface area (Å²) in [4.78, 5) is 14.3. The van der Waals surface area contributed by atoms with Crippen molar-refractivity contribution >= 4 is 11.6 Å². The molecule has 0 aromatic heterocycles. The maximum atomic E-state index is 12.2. The first-order chi connectivity index (χ1) is 11.6. The molecule has 0 radical (unpaired) electrons. The van der Waals surface area contributed by atoms with Gasteiger partial charge in [-0.25, -0.2) is 0 Å². The minimum atomic E-state index is -0.0505. The number of carbonyl (C=O) groups is 1. The van der Waals surface area contributed by atoms with Crippen molar-refractivity contribution in [1.82, 2.24) is 10.2 Å². The van der Waals surface area contributed by atoms with E-state index in [0.717, 1.165) is 31.6 Å². The van der Waals surface area contributed by atoms with Crippen LogP contribution in [0.5, 0.6) is 0 Å². The Balaban J connectivity index is 1.74. The van der Waals surface area contributed by atoms with Crippen LogP contribution in [0.4, 0.5) is 5.69 Å². The van der Waals surface area contributed by atoms with E-state index >= 15 is 0 Å². The molecule has 1 aliphatic heterocycles. The predicted molar refractivity (Wildman–Crippen MR) is 98.9 cm³/mol. The molecule has 3 rings (SSSR count). The maximum Gasteiger partial charge on any atom is 0.241 e. The van der Waals surface area contributed by atoms with Crippen molar-refractivity contribution in [3.63, 3.8) is 0 Å². The largest absolute Gasteiger partial charge is 0.325 e. The highest BCUT2D eigenvalue weighted by molar-refractivity contribution is 5.95. The summed E-state index contributed by atoms with van der Waals surface area (Å²) < 4.78 is 0. The summed E-state index contributed by atoms with van der Waals surface area (Å²) in [5.74, 6) is 0.0632. The highest BCUT2D eigenvalue weighted by atomic mass is 16.2. The van der Waals surface area contributed by atoms with Gasteiger partial charge in [0.1, 0.15) is 0 Å². The van der Waals surface area contributed by atoms with E-state index in [9.17, 15) is 4.79 Å². The van der Waals surface area contributed by atoms with E-state index in [1.165, 1.54) is 16.7 Å². The van der Waals surface area contributed by atoms with Crippen LogP contribution in [0.25, 0.3) is 11.1 Å². The third kappa shape index (κ3) is 4.02. The number of carbonyl (C=O) groups excluding carboxylic acids is 1. The van der Waals surface area contributed by atoms with Crippen molar-refractivity contribution in [2.75, 3.05) is 26.0 Å². The van der Waals surface area contributed by atoms with Crippen LogP contribution >= 0.6 is 0 Å². The molecule has 2 aromatic rings. The number of nitrogens with zero attached hydrogens (tertiary/aromatic N) is 1. The van der Waals surface area contributed by atoms with E-state index in [2.05, 4.69) is 66.0 Å². The number of hydrogen-bond acceptors (Lipinski definition) is 3. The van der Waals surface area contributed by atoms with E-state index in [1.54, 1.807) is 0 Å². The van der Waals surface area contributed by atoms with Crippen molar-refractivity contribution in [3.8, 4) is 11.1 Å². The lowest BCUT2D eigenvalue weighted by molar-refractivity contribution is -0.117. The predicted octanol–water partition coefficient (Wildman–Crippen LogP) is 3.11. The van der Waals surface area contributed by atoms with Gasteiger partial charge >= 0.3 is 0 Å². The minimum absolute atomic E-state index is 0.0505. The molecule has 0 aliphatic carbocycles. The van der Waals surface area contributed by atoms with E-state index in [4.69, 9.17) is 0 Å². The van der Waals surface area contributed by atoms with Crippen LogP contribution in [0.1, 0.15) is 18.4 Å². The molecular formula is C20H25N3O. The van der Waals surface area contributed by atoms with Gasteiger partial charge in [0.05, 0.1) is 6.04 Å². The molecule has 1 aliphatic rings. The number of benzene rings is 2. The van der Waals surface area contributed by atoms with E-state index < -0.39 is 0 Å². The topological polar surface area (TPSA) is 44.4 Å². The van der Waals surface area contributed by atoms with Gasteiger partial charge in [0.25, 0.3) is 0 Å². The quantitative estimate of drug-likeness (QED) is 0.889.